The van der Waals surface area contributed by atoms with Crippen LogP contribution in [0.3, 0.4) is 0 Å². The number of benzene rings is 1. The molecule has 0 saturated heterocycles. The van der Waals surface area contributed by atoms with Gasteiger partial charge in [-0.25, -0.2) is 0 Å². The molecule has 1 aromatic rings. The van der Waals surface area contributed by atoms with Gasteiger partial charge in [0, 0.05) is 44.3 Å². The first-order valence-electron chi connectivity index (χ1n) is 8.95. The van der Waals surface area contributed by atoms with Crippen LogP contribution in [0.4, 0.5) is 0 Å². The van der Waals surface area contributed by atoms with Crippen molar-refractivity contribution in [1.82, 2.24) is 15.5 Å². The molecule has 1 aromatic carbocycles. The van der Waals surface area contributed by atoms with Crippen LogP contribution in [0.25, 0.3) is 0 Å². The van der Waals surface area contributed by atoms with Gasteiger partial charge in [0.15, 0.2) is 5.96 Å². The molecule has 0 saturated carbocycles. The summed E-state index contributed by atoms with van der Waals surface area (Å²) in [6.07, 6.45) is 1.04. The van der Waals surface area contributed by atoms with Crippen LogP contribution in [-0.4, -0.2) is 55.3 Å². The molecule has 0 aliphatic heterocycles. The molecule has 0 fully saturated rings. The van der Waals surface area contributed by atoms with Gasteiger partial charge in [-0.1, -0.05) is 0 Å². The van der Waals surface area contributed by atoms with Crippen molar-refractivity contribution in [2.45, 2.75) is 52.7 Å². The van der Waals surface area contributed by atoms with Gasteiger partial charge < -0.3 is 20.5 Å². The lowest BCUT2D eigenvalue weighted by Crippen LogP contribution is -2.41. The van der Waals surface area contributed by atoms with Crippen LogP contribution in [0.1, 0.15) is 39.7 Å². The highest BCUT2D eigenvalue weighted by Crippen LogP contribution is 2.22. The summed E-state index contributed by atoms with van der Waals surface area (Å²) in [5, 5.41) is 16.5. The number of ether oxygens (including phenoxy) is 1. The van der Waals surface area contributed by atoms with E-state index in [4.69, 9.17) is 4.74 Å². The maximum atomic E-state index is 9.93. The van der Waals surface area contributed by atoms with E-state index in [1.807, 2.05) is 6.07 Å². The summed E-state index contributed by atoms with van der Waals surface area (Å²) >= 11 is 0. The van der Waals surface area contributed by atoms with Gasteiger partial charge in [0.1, 0.15) is 11.5 Å². The predicted octanol–water partition coefficient (Wildman–Crippen LogP) is 2.57. The zero-order chi connectivity index (χ0) is 18.8. The topological polar surface area (TPSA) is 69.1 Å². The van der Waals surface area contributed by atoms with Gasteiger partial charge in [-0.2, -0.15) is 0 Å². The first-order valence-corrected chi connectivity index (χ1v) is 8.95. The van der Waals surface area contributed by atoms with E-state index in [1.165, 1.54) is 0 Å². The lowest BCUT2D eigenvalue weighted by Gasteiger charge is -2.30. The Morgan fingerprint density at radius 2 is 1.88 bits per heavy atom. The number of methoxy groups -OCH3 is 1. The fraction of sp³-hybridized carbons (Fsp3) is 0.632. The monoisotopic (exact) mass is 350 g/mol. The van der Waals surface area contributed by atoms with E-state index in [0.717, 1.165) is 36.8 Å². The maximum Gasteiger partial charge on any atom is 0.191 e. The number of guanidine groups is 1. The average Bonchev–Trinajstić information content (AvgIpc) is 2.57. The van der Waals surface area contributed by atoms with Crippen LogP contribution >= 0.6 is 0 Å². The van der Waals surface area contributed by atoms with Crippen LogP contribution in [0.5, 0.6) is 11.5 Å². The molecule has 0 atom stereocenters. The second-order valence-electron chi connectivity index (χ2n) is 6.63. The third kappa shape index (κ3) is 7.22. The third-order valence-electron chi connectivity index (χ3n) is 4.17. The zero-order valence-electron chi connectivity index (χ0n) is 16.5. The molecule has 0 aromatic heterocycles. The van der Waals surface area contributed by atoms with Gasteiger partial charge in [0.05, 0.1) is 7.11 Å². The number of rotatable bonds is 9. The SMILES string of the molecule is CN=C(NCCCN(C(C)C)C(C)C)NCc1cc(OC)ccc1O. The second kappa shape index (κ2) is 10.8. The zero-order valence-corrected chi connectivity index (χ0v) is 16.5. The maximum absolute atomic E-state index is 9.93. The number of phenolic OH excluding ortho intramolecular Hbond substituents is 1. The third-order valence-corrected chi connectivity index (χ3v) is 4.17. The molecule has 0 heterocycles. The van der Waals surface area contributed by atoms with Crippen molar-refractivity contribution in [3.05, 3.63) is 23.8 Å². The first-order chi connectivity index (χ1) is 11.9. The van der Waals surface area contributed by atoms with E-state index in [1.54, 1.807) is 26.3 Å². The molecule has 0 aliphatic rings. The van der Waals surface area contributed by atoms with E-state index < -0.39 is 0 Å². The molecule has 25 heavy (non-hydrogen) atoms. The van der Waals surface area contributed by atoms with Crippen LogP contribution in [0, 0.1) is 0 Å². The Balaban J connectivity index is 2.43. The minimum atomic E-state index is 0.244. The van der Waals surface area contributed by atoms with Gasteiger partial charge in [0.25, 0.3) is 0 Å². The van der Waals surface area contributed by atoms with Crippen molar-refractivity contribution in [3.8, 4) is 11.5 Å². The Morgan fingerprint density at radius 3 is 2.44 bits per heavy atom. The van der Waals surface area contributed by atoms with Gasteiger partial charge in [-0.15, -0.1) is 0 Å². The van der Waals surface area contributed by atoms with Crippen molar-refractivity contribution in [2.24, 2.45) is 4.99 Å². The molecule has 0 unspecified atom stereocenters. The molecule has 6 nitrogen and oxygen atoms in total. The number of phenols is 1. The Labute approximate surface area is 152 Å². The quantitative estimate of drug-likeness (QED) is 0.363. The first kappa shape index (κ1) is 21.1. The molecule has 142 valence electrons. The summed E-state index contributed by atoms with van der Waals surface area (Å²) < 4.78 is 5.19. The van der Waals surface area contributed by atoms with Crippen molar-refractivity contribution in [1.29, 1.82) is 0 Å². The fourth-order valence-corrected chi connectivity index (χ4v) is 2.81. The van der Waals surface area contributed by atoms with Crippen molar-refractivity contribution < 1.29 is 9.84 Å². The number of nitrogens with one attached hydrogen (secondary N) is 2. The molecule has 1 rings (SSSR count). The largest absolute Gasteiger partial charge is 0.508 e. The standard InChI is InChI=1S/C19H34N4O2/c1-14(2)23(15(3)4)11-7-10-21-19(20-5)22-13-16-12-17(25-6)8-9-18(16)24/h8-9,12,14-15,24H,7,10-11,13H2,1-6H3,(H2,20,21,22). The normalized spacial score (nSPS) is 12.1. The lowest BCUT2D eigenvalue weighted by molar-refractivity contribution is 0.173. The van der Waals surface area contributed by atoms with Gasteiger partial charge in [-0.3, -0.25) is 9.89 Å². The summed E-state index contributed by atoms with van der Waals surface area (Å²) in [5.74, 6) is 1.69. The molecule has 0 spiro atoms. The Hall–Kier alpha value is -1.95. The van der Waals surface area contributed by atoms with Crippen molar-refractivity contribution in [3.63, 3.8) is 0 Å². The van der Waals surface area contributed by atoms with Crippen LogP contribution in [0.2, 0.25) is 0 Å². The summed E-state index contributed by atoms with van der Waals surface area (Å²) in [4.78, 5) is 6.71. The number of aliphatic imine (C=N–C) groups is 1. The van der Waals surface area contributed by atoms with Crippen molar-refractivity contribution in [2.75, 3.05) is 27.2 Å². The molecule has 0 amide bonds. The van der Waals surface area contributed by atoms with Gasteiger partial charge >= 0.3 is 0 Å². The number of aromatic hydroxyl groups is 1. The van der Waals surface area contributed by atoms with Crippen LogP contribution in [0.15, 0.2) is 23.2 Å². The highest BCUT2D eigenvalue weighted by Gasteiger charge is 2.12. The van der Waals surface area contributed by atoms with E-state index in [9.17, 15) is 5.11 Å². The molecule has 0 radical (unpaired) electrons. The highest BCUT2D eigenvalue weighted by molar-refractivity contribution is 5.79. The molecule has 0 bridgehead atoms. The number of hydrogen-bond acceptors (Lipinski definition) is 4. The smallest absolute Gasteiger partial charge is 0.191 e. The van der Waals surface area contributed by atoms with Gasteiger partial charge in [0.2, 0.25) is 0 Å². The van der Waals surface area contributed by atoms with Gasteiger partial charge in [-0.05, 0) is 52.3 Å². The van der Waals surface area contributed by atoms with E-state index >= 15 is 0 Å². The number of nitrogens with zero attached hydrogens (tertiary/aromatic N) is 2. The summed E-state index contributed by atoms with van der Waals surface area (Å²) in [5.41, 5.74) is 0.771. The van der Waals surface area contributed by atoms with E-state index in [0.29, 0.717) is 18.6 Å². The Morgan fingerprint density at radius 1 is 1.20 bits per heavy atom. The van der Waals surface area contributed by atoms with Crippen molar-refractivity contribution >= 4 is 5.96 Å². The molecule has 0 aliphatic carbocycles. The van der Waals surface area contributed by atoms with E-state index in [-0.39, 0.29) is 5.75 Å². The summed E-state index contributed by atoms with van der Waals surface area (Å²) in [7, 11) is 3.36. The Kier molecular flexibility index (Phi) is 9.13. The highest BCUT2D eigenvalue weighted by atomic mass is 16.5. The summed E-state index contributed by atoms with van der Waals surface area (Å²) in [6, 6.07) is 6.29. The minimum absolute atomic E-state index is 0.244. The minimum Gasteiger partial charge on any atom is -0.508 e. The molecule has 6 heteroatoms. The molecular formula is C19H34N4O2. The molecular weight excluding hydrogens is 316 g/mol. The second-order valence-corrected chi connectivity index (χ2v) is 6.63. The predicted molar refractivity (Wildman–Crippen MR) is 104 cm³/mol. The summed E-state index contributed by atoms with van der Waals surface area (Å²) in [6.45, 7) is 11.3. The van der Waals surface area contributed by atoms with Crippen LogP contribution < -0.4 is 15.4 Å². The van der Waals surface area contributed by atoms with Crippen LogP contribution in [-0.2, 0) is 6.54 Å². The number of hydrogen-bond donors (Lipinski definition) is 3. The lowest BCUT2D eigenvalue weighted by atomic mass is 10.2. The average molecular weight is 351 g/mol. The Bertz CT molecular complexity index is 536. The fourth-order valence-electron chi connectivity index (χ4n) is 2.81. The molecule has 3 N–H and O–H groups in total. The van der Waals surface area contributed by atoms with E-state index in [2.05, 4.69) is 48.2 Å².